The van der Waals surface area contributed by atoms with E-state index >= 15 is 0 Å². The second-order valence-electron chi connectivity index (χ2n) is 5.09. The number of carboxylic acid groups (broad SMARTS) is 1. The van der Waals surface area contributed by atoms with Crippen LogP contribution in [0.25, 0.3) is 0 Å². The van der Waals surface area contributed by atoms with Crippen LogP contribution in [-0.4, -0.2) is 33.6 Å². The third-order valence-corrected chi connectivity index (χ3v) is 1.77. The average Bonchev–Trinajstić information content (AvgIpc) is 2.24. The molecule has 8 nitrogen and oxygen atoms in total. The number of carbonyl (C=O) groups excluding carboxylic acids is 1. The molecule has 0 bridgehead atoms. The van der Waals surface area contributed by atoms with Crippen molar-refractivity contribution >= 4 is 23.7 Å². The van der Waals surface area contributed by atoms with E-state index in [1.165, 1.54) is 12.1 Å². The molecule has 0 aromatic carbocycles. The minimum absolute atomic E-state index is 0.00764. The van der Waals surface area contributed by atoms with Crippen LogP contribution in [0, 0.1) is 11.4 Å². The van der Waals surface area contributed by atoms with E-state index < -0.39 is 29.4 Å². The molecule has 1 amide bonds. The first-order chi connectivity index (χ1) is 9.92. The largest absolute Gasteiger partial charge is 0.481 e. The van der Waals surface area contributed by atoms with Crippen LogP contribution < -0.4 is 11.1 Å². The Morgan fingerprint density at radius 1 is 1.41 bits per heavy atom. The molecular formula is C13H19FN4O4. The second kappa shape index (κ2) is 7.91. The minimum Gasteiger partial charge on any atom is -0.481 e. The zero-order valence-electron chi connectivity index (χ0n) is 12.7. The molecule has 9 heteroatoms. The molecule has 0 aliphatic heterocycles. The lowest BCUT2D eigenvalue weighted by molar-refractivity contribution is -0.134. The highest BCUT2D eigenvalue weighted by Gasteiger charge is 2.17. The van der Waals surface area contributed by atoms with Gasteiger partial charge in [-0.25, -0.2) is 9.78 Å². The molecule has 0 radical (unpaired) electrons. The summed E-state index contributed by atoms with van der Waals surface area (Å²) in [6.07, 6.45) is -0.732. The fraction of sp³-hybridized carbons (Fsp3) is 0.385. The Morgan fingerprint density at radius 2 is 1.91 bits per heavy atom. The van der Waals surface area contributed by atoms with Crippen LogP contribution >= 0.6 is 0 Å². The molecular weight excluding hydrogens is 295 g/mol. The van der Waals surface area contributed by atoms with E-state index in [1.807, 2.05) is 0 Å². The Kier molecular flexibility index (Phi) is 6.94. The maximum Gasteiger partial charge on any atom is 0.413 e. The van der Waals surface area contributed by atoms with Gasteiger partial charge in [-0.3, -0.25) is 15.5 Å². The van der Waals surface area contributed by atoms with Crippen molar-refractivity contribution in [2.45, 2.75) is 33.3 Å². The molecule has 1 rings (SSSR count). The number of aliphatic carboxylic acids is 1. The van der Waals surface area contributed by atoms with Gasteiger partial charge in [0.25, 0.3) is 5.97 Å². The predicted octanol–water partition coefficient (Wildman–Crippen LogP) is 1.94. The van der Waals surface area contributed by atoms with Gasteiger partial charge >= 0.3 is 6.09 Å². The van der Waals surface area contributed by atoms with Crippen molar-refractivity contribution in [1.82, 2.24) is 4.98 Å². The van der Waals surface area contributed by atoms with Crippen LogP contribution in [0.2, 0.25) is 0 Å². The van der Waals surface area contributed by atoms with Gasteiger partial charge in [-0.1, -0.05) is 0 Å². The van der Waals surface area contributed by atoms with E-state index in [-0.39, 0.29) is 11.4 Å². The molecule has 1 aromatic heterocycles. The third kappa shape index (κ3) is 8.46. The van der Waals surface area contributed by atoms with Crippen LogP contribution in [0.3, 0.4) is 0 Å². The first-order valence-corrected chi connectivity index (χ1v) is 6.13. The maximum absolute atomic E-state index is 13.4. The number of hydrogen-bond donors (Lipinski definition) is 4. The summed E-state index contributed by atoms with van der Waals surface area (Å²) >= 11 is 0. The lowest BCUT2D eigenvalue weighted by Gasteiger charge is -2.19. The number of hydrogen-bond acceptors (Lipinski definition) is 5. The monoisotopic (exact) mass is 314 g/mol. The summed E-state index contributed by atoms with van der Waals surface area (Å²) in [5, 5.41) is 16.8. The molecule has 0 aliphatic carbocycles. The zero-order chi connectivity index (χ0) is 17.5. The molecule has 0 unspecified atom stereocenters. The average molecular weight is 314 g/mol. The van der Waals surface area contributed by atoms with Crippen molar-refractivity contribution in [3.63, 3.8) is 0 Å². The summed E-state index contributed by atoms with van der Waals surface area (Å²) in [5.74, 6) is -2.19. The number of anilines is 1. The number of nitrogens with one attached hydrogen (secondary N) is 2. The number of nitrogen functional groups attached to an aromatic ring is 1. The molecule has 1 heterocycles. The Balaban J connectivity index is 0.000000980. The predicted molar refractivity (Wildman–Crippen MR) is 78.4 cm³/mol. The van der Waals surface area contributed by atoms with Crippen molar-refractivity contribution in [2.75, 3.05) is 5.32 Å². The standard InChI is InChI=1S/C11H15FN4O2.C2H4O2/c1-11(2,3)18-10(17)16-7-5-4-6(9(13)14)8(12)15-7;1-2(3)4/h4-5H,1-3H3,(H3,13,14)(H,15,16,17);1H3,(H,3,4). The summed E-state index contributed by atoms with van der Waals surface area (Å²) < 4.78 is 18.3. The van der Waals surface area contributed by atoms with E-state index in [9.17, 15) is 9.18 Å². The number of amides is 1. The maximum atomic E-state index is 13.4. The minimum atomic E-state index is -0.920. The molecule has 122 valence electrons. The first kappa shape index (κ1) is 19.3. The van der Waals surface area contributed by atoms with Gasteiger partial charge < -0.3 is 15.6 Å². The molecule has 0 saturated heterocycles. The number of nitrogens with zero attached hydrogens (tertiary/aromatic N) is 1. The van der Waals surface area contributed by atoms with Crippen LogP contribution in [0.1, 0.15) is 33.3 Å². The molecule has 0 fully saturated rings. The van der Waals surface area contributed by atoms with E-state index in [1.54, 1.807) is 20.8 Å². The van der Waals surface area contributed by atoms with Crippen LogP contribution in [0.4, 0.5) is 15.0 Å². The molecule has 22 heavy (non-hydrogen) atoms. The van der Waals surface area contributed by atoms with Gasteiger partial charge in [-0.15, -0.1) is 0 Å². The molecule has 0 saturated carbocycles. The van der Waals surface area contributed by atoms with Crippen molar-refractivity contribution in [1.29, 1.82) is 5.41 Å². The highest BCUT2D eigenvalue weighted by Crippen LogP contribution is 2.12. The lowest BCUT2D eigenvalue weighted by Crippen LogP contribution is -2.27. The van der Waals surface area contributed by atoms with Crippen molar-refractivity contribution in [3.05, 3.63) is 23.6 Å². The summed E-state index contributed by atoms with van der Waals surface area (Å²) in [6.45, 7) is 6.21. The fourth-order valence-electron chi connectivity index (χ4n) is 1.11. The highest BCUT2D eigenvalue weighted by atomic mass is 19.1. The normalized spacial score (nSPS) is 10.0. The summed E-state index contributed by atoms with van der Waals surface area (Å²) in [5.41, 5.74) is 4.37. The molecule has 5 N–H and O–H groups in total. The van der Waals surface area contributed by atoms with Crippen molar-refractivity contribution < 1.29 is 23.8 Å². The van der Waals surface area contributed by atoms with Gasteiger partial charge in [-0.05, 0) is 32.9 Å². The Morgan fingerprint density at radius 3 is 2.27 bits per heavy atom. The van der Waals surface area contributed by atoms with Crippen LogP contribution in [-0.2, 0) is 9.53 Å². The van der Waals surface area contributed by atoms with Gasteiger partial charge in [0.15, 0.2) is 0 Å². The molecule has 0 aliphatic rings. The topological polar surface area (TPSA) is 138 Å². The van der Waals surface area contributed by atoms with Crippen molar-refractivity contribution in [3.8, 4) is 0 Å². The van der Waals surface area contributed by atoms with Crippen LogP contribution in [0.15, 0.2) is 12.1 Å². The van der Waals surface area contributed by atoms with E-state index in [4.69, 9.17) is 25.8 Å². The smallest absolute Gasteiger partial charge is 0.413 e. The lowest BCUT2D eigenvalue weighted by atomic mass is 10.2. The Hall–Kier alpha value is -2.71. The van der Waals surface area contributed by atoms with Gasteiger partial charge in [0.1, 0.15) is 17.3 Å². The van der Waals surface area contributed by atoms with Gasteiger partial charge in [-0.2, -0.15) is 4.39 Å². The van der Waals surface area contributed by atoms with E-state index in [2.05, 4.69) is 10.3 Å². The number of nitrogens with two attached hydrogens (primary N) is 1. The van der Waals surface area contributed by atoms with Crippen molar-refractivity contribution in [2.24, 2.45) is 5.73 Å². The number of pyridine rings is 1. The number of halogens is 1. The summed E-state index contributed by atoms with van der Waals surface area (Å²) in [7, 11) is 0. The second-order valence-corrected chi connectivity index (χ2v) is 5.09. The number of aromatic nitrogens is 1. The zero-order valence-corrected chi connectivity index (χ0v) is 12.7. The summed E-state index contributed by atoms with van der Waals surface area (Å²) in [6, 6.07) is 2.60. The summed E-state index contributed by atoms with van der Waals surface area (Å²) in [4.78, 5) is 23.9. The molecule has 0 spiro atoms. The van der Waals surface area contributed by atoms with Crippen LogP contribution in [0.5, 0.6) is 0 Å². The molecule has 1 aromatic rings. The SMILES string of the molecule is CC(=O)O.CC(C)(C)OC(=O)Nc1ccc(C(=N)N)c(F)n1. The number of carbonyl (C=O) groups is 2. The number of amidine groups is 1. The van der Waals surface area contributed by atoms with E-state index in [0.29, 0.717) is 0 Å². The number of ether oxygens (including phenoxy) is 1. The highest BCUT2D eigenvalue weighted by molar-refractivity contribution is 5.95. The number of carboxylic acids is 1. The number of rotatable bonds is 2. The molecule has 0 atom stereocenters. The Bertz CT molecular complexity index is 566. The van der Waals surface area contributed by atoms with Gasteiger partial charge in [0.2, 0.25) is 5.95 Å². The quantitative estimate of drug-likeness (QED) is 0.374. The first-order valence-electron chi connectivity index (χ1n) is 6.13. The van der Waals surface area contributed by atoms with Gasteiger partial charge in [0, 0.05) is 6.92 Å². The Labute approximate surface area is 127 Å². The fourth-order valence-corrected chi connectivity index (χ4v) is 1.11. The third-order valence-electron chi connectivity index (χ3n) is 1.77. The van der Waals surface area contributed by atoms with E-state index in [0.717, 1.165) is 6.92 Å². The van der Waals surface area contributed by atoms with Gasteiger partial charge in [0.05, 0.1) is 5.56 Å².